The van der Waals surface area contributed by atoms with Crippen molar-refractivity contribution in [2.75, 3.05) is 19.6 Å². The Morgan fingerprint density at radius 2 is 1.84 bits per heavy atom. The van der Waals surface area contributed by atoms with Gasteiger partial charge >= 0.3 is 6.18 Å². The number of tetrazole rings is 1. The van der Waals surface area contributed by atoms with Gasteiger partial charge in [0, 0.05) is 25.4 Å². The summed E-state index contributed by atoms with van der Waals surface area (Å²) in [5.74, 6) is -1.48. The number of benzene rings is 1. The maximum absolute atomic E-state index is 13.2. The van der Waals surface area contributed by atoms with Crippen LogP contribution in [-0.2, 0) is 16.0 Å². The van der Waals surface area contributed by atoms with Crippen molar-refractivity contribution in [1.29, 1.82) is 0 Å². The van der Waals surface area contributed by atoms with E-state index in [1.165, 1.54) is 16.8 Å². The van der Waals surface area contributed by atoms with Gasteiger partial charge in [-0.15, -0.1) is 5.10 Å². The number of hydrogen-bond donors (Lipinski definition) is 1. The van der Waals surface area contributed by atoms with Crippen LogP contribution in [0.1, 0.15) is 30.3 Å². The second-order valence-electron chi connectivity index (χ2n) is 7.45. The van der Waals surface area contributed by atoms with Crippen molar-refractivity contribution in [2.24, 2.45) is 5.92 Å². The highest BCUT2D eigenvalue weighted by molar-refractivity contribution is 5.82. The van der Waals surface area contributed by atoms with Crippen molar-refractivity contribution < 1.29 is 27.2 Å². The minimum absolute atomic E-state index is 0.226. The fourth-order valence-electron chi connectivity index (χ4n) is 3.55. The van der Waals surface area contributed by atoms with Crippen LogP contribution in [0.15, 0.2) is 24.3 Å². The molecule has 168 valence electrons. The highest BCUT2D eigenvalue weighted by atomic mass is 19.4. The minimum Gasteiger partial charge on any atom is -0.347 e. The normalized spacial score (nSPS) is 16.2. The summed E-state index contributed by atoms with van der Waals surface area (Å²) in [6.07, 6.45) is -3.72. The molecule has 0 radical (unpaired) electrons. The first-order chi connectivity index (χ1) is 14.6. The average molecular weight is 442 g/mol. The maximum atomic E-state index is 13.2. The van der Waals surface area contributed by atoms with Crippen LogP contribution in [0.5, 0.6) is 0 Å². The molecule has 2 aromatic rings. The van der Waals surface area contributed by atoms with Gasteiger partial charge < -0.3 is 10.2 Å². The van der Waals surface area contributed by atoms with E-state index in [2.05, 4.69) is 15.5 Å². The largest absolute Gasteiger partial charge is 0.405 e. The van der Waals surface area contributed by atoms with Crippen molar-refractivity contribution in [2.45, 2.75) is 38.4 Å². The number of halogens is 4. The molecule has 1 N–H and O–H groups in total. The molecule has 1 saturated heterocycles. The number of aryl methyl sites for hydroxylation is 1. The molecule has 1 aromatic carbocycles. The molecule has 0 bridgehead atoms. The van der Waals surface area contributed by atoms with Gasteiger partial charge in [0.25, 0.3) is 0 Å². The first-order valence-corrected chi connectivity index (χ1v) is 9.76. The molecule has 0 aliphatic carbocycles. The van der Waals surface area contributed by atoms with E-state index < -0.39 is 36.4 Å². The Bertz CT molecular complexity index is 907. The zero-order valence-corrected chi connectivity index (χ0v) is 16.8. The van der Waals surface area contributed by atoms with Gasteiger partial charge in [0.1, 0.15) is 24.2 Å². The molecule has 1 aliphatic rings. The second kappa shape index (κ2) is 9.40. The van der Waals surface area contributed by atoms with Gasteiger partial charge in [-0.25, -0.2) is 9.07 Å². The number of amides is 2. The number of rotatable bonds is 6. The van der Waals surface area contributed by atoms with E-state index in [0.717, 1.165) is 5.56 Å². The van der Waals surface area contributed by atoms with Crippen LogP contribution >= 0.6 is 0 Å². The molecule has 0 unspecified atom stereocenters. The topological polar surface area (TPSA) is 93.0 Å². The second-order valence-corrected chi connectivity index (χ2v) is 7.45. The average Bonchev–Trinajstić information content (AvgIpc) is 3.16. The predicted molar refractivity (Wildman–Crippen MR) is 100 cm³/mol. The molecule has 8 nitrogen and oxygen atoms in total. The Morgan fingerprint density at radius 3 is 2.39 bits per heavy atom. The summed E-state index contributed by atoms with van der Waals surface area (Å²) < 4.78 is 51.5. The van der Waals surface area contributed by atoms with Crippen LogP contribution in [0.25, 0.3) is 0 Å². The van der Waals surface area contributed by atoms with Gasteiger partial charge in [-0.05, 0) is 47.9 Å². The highest BCUT2D eigenvalue weighted by Gasteiger charge is 2.34. The summed E-state index contributed by atoms with van der Waals surface area (Å²) in [6.45, 7) is 0.736. The lowest BCUT2D eigenvalue weighted by Crippen LogP contribution is -2.47. The van der Waals surface area contributed by atoms with Gasteiger partial charge in [0.15, 0.2) is 0 Å². The fraction of sp³-hybridized carbons (Fsp3) is 0.526. The Balaban J connectivity index is 1.66. The summed E-state index contributed by atoms with van der Waals surface area (Å²) in [5.41, 5.74) is 0.719. The van der Waals surface area contributed by atoms with E-state index in [4.69, 9.17) is 0 Å². The van der Waals surface area contributed by atoms with Gasteiger partial charge in [-0.1, -0.05) is 12.1 Å². The van der Waals surface area contributed by atoms with E-state index in [1.807, 2.05) is 5.32 Å². The Morgan fingerprint density at radius 1 is 1.19 bits per heavy atom. The van der Waals surface area contributed by atoms with Gasteiger partial charge in [0.2, 0.25) is 11.8 Å². The lowest BCUT2D eigenvalue weighted by Gasteiger charge is -2.33. The zero-order valence-electron chi connectivity index (χ0n) is 16.8. The lowest BCUT2D eigenvalue weighted by molar-refractivity contribution is -0.143. The lowest BCUT2D eigenvalue weighted by atomic mass is 9.95. The predicted octanol–water partition coefficient (Wildman–Crippen LogP) is 1.82. The van der Waals surface area contributed by atoms with Crippen molar-refractivity contribution >= 4 is 11.8 Å². The quantitative estimate of drug-likeness (QED) is 0.689. The maximum Gasteiger partial charge on any atom is 0.405 e. The number of carbonyl (C=O) groups is 2. The summed E-state index contributed by atoms with van der Waals surface area (Å²) >= 11 is 0. The molecule has 0 spiro atoms. The van der Waals surface area contributed by atoms with E-state index in [-0.39, 0.29) is 38.3 Å². The molecular weight excluding hydrogens is 420 g/mol. The summed E-state index contributed by atoms with van der Waals surface area (Å²) in [6, 6.07) is 4.98. The van der Waals surface area contributed by atoms with E-state index in [0.29, 0.717) is 5.82 Å². The number of likely N-dealkylation sites (tertiary alicyclic amines) is 1. The fourth-order valence-corrected chi connectivity index (χ4v) is 3.55. The van der Waals surface area contributed by atoms with Crippen molar-refractivity contribution in [1.82, 2.24) is 30.4 Å². The molecule has 0 saturated carbocycles. The highest BCUT2D eigenvalue weighted by Crippen LogP contribution is 2.24. The molecule has 1 aromatic heterocycles. The molecule has 1 aliphatic heterocycles. The van der Waals surface area contributed by atoms with Crippen LogP contribution in [0.4, 0.5) is 17.6 Å². The number of carbonyl (C=O) groups excluding carboxylic acids is 2. The van der Waals surface area contributed by atoms with Crippen LogP contribution in [0.3, 0.4) is 0 Å². The molecule has 12 heteroatoms. The first kappa shape index (κ1) is 22.6. The minimum atomic E-state index is -4.47. The molecule has 1 atom stereocenters. The Hall–Kier alpha value is -3.05. The molecule has 2 amide bonds. The smallest absolute Gasteiger partial charge is 0.347 e. The monoisotopic (exact) mass is 442 g/mol. The van der Waals surface area contributed by atoms with Crippen molar-refractivity contribution in [3.63, 3.8) is 0 Å². The third kappa shape index (κ3) is 5.98. The van der Waals surface area contributed by atoms with Crippen LogP contribution in [0.2, 0.25) is 0 Å². The Kier molecular flexibility index (Phi) is 6.86. The number of nitrogens with zero attached hydrogens (tertiary/aromatic N) is 5. The number of alkyl halides is 3. The summed E-state index contributed by atoms with van der Waals surface area (Å²) in [4.78, 5) is 26.8. The summed E-state index contributed by atoms with van der Waals surface area (Å²) in [7, 11) is 0. The van der Waals surface area contributed by atoms with Crippen LogP contribution < -0.4 is 5.32 Å². The number of nitrogens with one attached hydrogen (secondary N) is 1. The SMILES string of the molecule is Cc1nnnn1[C@@H](Cc1ccc(F)cc1)C(=O)N1CCC(C(=O)NCC(F)(F)F)CC1. The first-order valence-electron chi connectivity index (χ1n) is 9.76. The number of aromatic nitrogens is 4. The molecule has 31 heavy (non-hydrogen) atoms. The van der Waals surface area contributed by atoms with Gasteiger partial charge in [-0.3, -0.25) is 9.59 Å². The zero-order chi connectivity index (χ0) is 22.6. The van der Waals surface area contributed by atoms with E-state index in [9.17, 15) is 27.2 Å². The number of piperidine rings is 1. The van der Waals surface area contributed by atoms with Crippen LogP contribution in [-0.4, -0.2) is 62.7 Å². The van der Waals surface area contributed by atoms with Crippen LogP contribution in [0, 0.1) is 18.7 Å². The number of hydrogen-bond acceptors (Lipinski definition) is 5. The van der Waals surface area contributed by atoms with Crippen molar-refractivity contribution in [3.05, 3.63) is 41.5 Å². The van der Waals surface area contributed by atoms with E-state index >= 15 is 0 Å². The van der Waals surface area contributed by atoms with Crippen molar-refractivity contribution in [3.8, 4) is 0 Å². The third-order valence-electron chi connectivity index (χ3n) is 5.22. The Labute approximate surface area is 175 Å². The third-order valence-corrected chi connectivity index (χ3v) is 5.22. The summed E-state index contributed by atoms with van der Waals surface area (Å²) in [5, 5.41) is 13.2. The standard InChI is InChI=1S/C19H22F4N6O2/c1-12-25-26-27-29(12)16(10-13-2-4-15(20)5-3-13)18(31)28-8-6-14(7-9-28)17(30)24-11-19(21,22)23/h2-5,14,16H,6-11H2,1H3,(H,24,30)/t16-/m0/s1. The van der Waals surface area contributed by atoms with E-state index in [1.54, 1.807) is 24.0 Å². The van der Waals surface area contributed by atoms with Gasteiger partial charge in [-0.2, -0.15) is 13.2 Å². The van der Waals surface area contributed by atoms with Gasteiger partial charge in [0.05, 0.1) is 0 Å². The molecule has 2 heterocycles. The molecule has 3 rings (SSSR count). The molecule has 1 fully saturated rings. The molecular formula is C19H22F4N6O2.